The molecular weight excluding hydrogens is 338 g/mol. The van der Waals surface area contributed by atoms with E-state index >= 15 is 0 Å². The maximum absolute atomic E-state index is 12.3. The van der Waals surface area contributed by atoms with Gasteiger partial charge in [0.1, 0.15) is 18.2 Å². The van der Waals surface area contributed by atoms with Gasteiger partial charge in [0, 0.05) is 5.56 Å². The Morgan fingerprint density at radius 1 is 0.962 bits per heavy atom. The molecule has 0 aliphatic carbocycles. The van der Waals surface area contributed by atoms with Crippen molar-refractivity contribution in [2.75, 3.05) is 7.11 Å². The molecule has 0 radical (unpaired) electrons. The molecule has 1 N–H and O–H groups in total. The summed E-state index contributed by atoms with van der Waals surface area (Å²) in [6.07, 6.45) is -2.53. The zero-order chi connectivity index (χ0) is 19.5. The van der Waals surface area contributed by atoms with Crippen molar-refractivity contribution in [3.63, 3.8) is 0 Å². The summed E-state index contributed by atoms with van der Waals surface area (Å²) >= 11 is 0. The second-order valence-electron chi connectivity index (χ2n) is 5.39. The van der Waals surface area contributed by atoms with Gasteiger partial charge in [0.15, 0.2) is 0 Å². The number of carbonyl (C=O) groups is 1. The minimum atomic E-state index is -2.53. The molecule has 3 aromatic rings. The van der Waals surface area contributed by atoms with E-state index < -0.39 is 6.43 Å². The number of aromatic amines is 1. The summed E-state index contributed by atoms with van der Waals surface area (Å²) in [5, 5.41) is 6.12. The summed E-state index contributed by atoms with van der Waals surface area (Å²) in [4.78, 5) is 8.00. The van der Waals surface area contributed by atoms with Gasteiger partial charge in [-0.05, 0) is 44.2 Å². The fourth-order valence-corrected chi connectivity index (χ4v) is 1.99. The zero-order valence-electron chi connectivity index (χ0n) is 15.0. The van der Waals surface area contributed by atoms with E-state index in [1.54, 1.807) is 31.4 Å². The molecule has 0 spiro atoms. The van der Waals surface area contributed by atoms with Crippen molar-refractivity contribution in [2.24, 2.45) is 0 Å². The van der Waals surface area contributed by atoms with Crippen LogP contribution in [0.25, 0.3) is 11.3 Å². The highest BCUT2D eigenvalue weighted by Gasteiger charge is 2.11. The van der Waals surface area contributed by atoms with Crippen molar-refractivity contribution in [3.05, 3.63) is 71.4 Å². The quantitative estimate of drug-likeness (QED) is 0.703. The molecular formula is C20H22F2N2O2. The Balaban J connectivity index is 0.000000284. The second-order valence-corrected chi connectivity index (χ2v) is 5.39. The Labute approximate surface area is 151 Å². The van der Waals surface area contributed by atoms with Crippen LogP contribution in [0.5, 0.6) is 5.75 Å². The van der Waals surface area contributed by atoms with Gasteiger partial charge in [0.2, 0.25) is 0 Å². The van der Waals surface area contributed by atoms with Crippen LogP contribution >= 0.6 is 0 Å². The van der Waals surface area contributed by atoms with Gasteiger partial charge < -0.3 is 9.53 Å². The van der Waals surface area contributed by atoms with E-state index in [0.717, 1.165) is 5.56 Å². The lowest BCUT2D eigenvalue weighted by molar-refractivity contribution is -0.0979. The average molecular weight is 360 g/mol. The molecule has 0 aliphatic rings. The largest absolute Gasteiger partial charge is 0.497 e. The number of hydrogen-bond acceptors (Lipinski definition) is 3. The summed E-state index contributed by atoms with van der Waals surface area (Å²) in [6, 6.07) is 16.9. The summed E-state index contributed by atoms with van der Waals surface area (Å²) in [7, 11) is 1.57. The standard InChI is InChI=1S/C11H10F2N2O.C8H10.CH2O/c1-16-8-4-2-7(3-5-8)9-6-10(11(12)13)15-14-9;1-7-3-5-8(2)6-4-7;1-2/h2-6,11H,1H3,(H,14,15);3-6H,1-2H3;1H2. The smallest absolute Gasteiger partial charge is 0.279 e. The highest BCUT2D eigenvalue weighted by molar-refractivity contribution is 5.60. The first-order valence-electron chi connectivity index (χ1n) is 7.79. The maximum atomic E-state index is 12.3. The predicted molar refractivity (Wildman–Crippen MR) is 98.6 cm³/mol. The third-order valence-electron chi connectivity index (χ3n) is 3.44. The molecule has 2 aromatic carbocycles. The molecule has 4 nitrogen and oxygen atoms in total. The fourth-order valence-electron chi connectivity index (χ4n) is 1.99. The van der Waals surface area contributed by atoms with Crippen molar-refractivity contribution >= 4 is 6.79 Å². The number of halogens is 2. The van der Waals surface area contributed by atoms with Crippen LogP contribution in [-0.2, 0) is 4.79 Å². The SMILES string of the molecule is C=O.COc1ccc(-c2cc(C(F)F)[nH]n2)cc1.Cc1ccc(C)cc1. The molecule has 0 saturated carbocycles. The number of ether oxygens (including phenoxy) is 1. The van der Waals surface area contributed by atoms with Gasteiger partial charge in [0.05, 0.1) is 12.8 Å². The summed E-state index contributed by atoms with van der Waals surface area (Å²) in [6.45, 7) is 6.19. The lowest BCUT2D eigenvalue weighted by atomic mass is 10.1. The van der Waals surface area contributed by atoms with Crippen LogP contribution in [0, 0.1) is 13.8 Å². The first-order chi connectivity index (χ1) is 12.5. The molecule has 138 valence electrons. The molecule has 0 unspecified atom stereocenters. The van der Waals surface area contributed by atoms with Gasteiger partial charge in [-0.3, -0.25) is 5.10 Å². The number of alkyl halides is 2. The van der Waals surface area contributed by atoms with Gasteiger partial charge in [-0.15, -0.1) is 0 Å². The first-order valence-corrected chi connectivity index (χ1v) is 7.79. The minimum Gasteiger partial charge on any atom is -0.497 e. The number of carbonyl (C=O) groups excluding carboxylic acids is 1. The molecule has 1 aromatic heterocycles. The predicted octanol–water partition coefficient (Wildman–Crippen LogP) is 5.14. The van der Waals surface area contributed by atoms with Gasteiger partial charge in [-0.1, -0.05) is 35.4 Å². The maximum Gasteiger partial charge on any atom is 0.279 e. The van der Waals surface area contributed by atoms with Crippen LogP contribution in [0.3, 0.4) is 0 Å². The number of methoxy groups -OCH3 is 1. The summed E-state index contributed by atoms with van der Waals surface area (Å²) < 4.78 is 29.6. The Morgan fingerprint density at radius 2 is 1.46 bits per heavy atom. The van der Waals surface area contributed by atoms with E-state index in [4.69, 9.17) is 9.53 Å². The molecule has 0 amide bonds. The molecule has 26 heavy (non-hydrogen) atoms. The van der Waals surface area contributed by atoms with Crippen LogP contribution in [0.15, 0.2) is 54.6 Å². The lowest BCUT2D eigenvalue weighted by Crippen LogP contribution is -1.82. The fraction of sp³-hybridized carbons (Fsp3) is 0.200. The first kappa shape index (κ1) is 21.0. The van der Waals surface area contributed by atoms with Crippen molar-refractivity contribution in [3.8, 4) is 17.0 Å². The molecule has 0 saturated heterocycles. The molecule has 6 heteroatoms. The van der Waals surface area contributed by atoms with Gasteiger partial charge in [-0.25, -0.2) is 8.78 Å². The van der Waals surface area contributed by atoms with Crippen LogP contribution in [-0.4, -0.2) is 24.1 Å². The van der Waals surface area contributed by atoms with Gasteiger partial charge >= 0.3 is 0 Å². The minimum absolute atomic E-state index is 0.175. The molecule has 0 fully saturated rings. The van der Waals surface area contributed by atoms with Crippen LogP contribution in [0.1, 0.15) is 23.2 Å². The van der Waals surface area contributed by atoms with Crippen molar-refractivity contribution in [1.82, 2.24) is 10.2 Å². The van der Waals surface area contributed by atoms with E-state index in [0.29, 0.717) is 11.4 Å². The number of nitrogens with zero attached hydrogens (tertiary/aromatic N) is 1. The molecule has 1 heterocycles. The topological polar surface area (TPSA) is 55.0 Å². The van der Waals surface area contributed by atoms with Crippen molar-refractivity contribution in [1.29, 1.82) is 0 Å². The second kappa shape index (κ2) is 10.8. The number of benzene rings is 2. The third kappa shape index (κ3) is 6.47. The molecule has 0 atom stereocenters. The normalized spacial score (nSPS) is 9.62. The number of aryl methyl sites for hydroxylation is 2. The Hall–Kier alpha value is -3.02. The summed E-state index contributed by atoms with van der Waals surface area (Å²) in [5.41, 5.74) is 3.75. The molecule has 0 aliphatic heterocycles. The lowest BCUT2D eigenvalue weighted by Gasteiger charge is -1.99. The average Bonchev–Trinajstić information content (AvgIpc) is 3.17. The number of aromatic nitrogens is 2. The number of nitrogens with one attached hydrogen (secondary N) is 1. The monoisotopic (exact) mass is 360 g/mol. The van der Waals surface area contributed by atoms with E-state index in [1.165, 1.54) is 17.2 Å². The number of hydrogen-bond donors (Lipinski definition) is 1. The number of H-pyrrole nitrogens is 1. The summed E-state index contributed by atoms with van der Waals surface area (Å²) in [5.74, 6) is 0.716. The molecule has 3 rings (SSSR count). The Morgan fingerprint density at radius 3 is 1.85 bits per heavy atom. The molecule has 0 bridgehead atoms. The Bertz CT molecular complexity index is 748. The highest BCUT2D eigenvalue weighted by atomic mass is 19.3. The Kier molecular flexibility index (Phi) is 8.70. The highest BCUT2D eigenvalue weighted by Crippen LogP contribution is 2.24. The zero-order valence-corrected chi connectivity index (χ0v) is 15.0. The van der Waals surface area contributed by atoms with Crippen molar-refractivity contribution < 1.29 is 18.3 Å². The van der Waals surface area contributed by atoms with Crippen LogP contribution < -0.4 is 4.74 Å². The number of rotatable bonds is 3. The van der Waals surface area contributed by atoms with E-state index in [2.05, 4.69) is 48.3 Å². The third-order valence-corrected chi connectivity index (χ3v) is 3.44. The van der Waals surface area contributed by atoms with Gasteiger partial charge in [0.25, 0.3) is 6.43 Å². The van der Waals surface area contributed by atoms with Crippen LogP contribution in [0.2, 0.25) is 0 Å². The van der Waals surface area contributed by atoms with E-state index in [9.17, 15) is 8.78 Å². The van der Waals surface area contributed by atoms with Gasteiger partial charge in [-0.2, -0.15) is 5.10 Å². The van der Waals surface area contributed by atoms with Crippen molar-refractivity contribution in [2.45, 2.75) is 20.3 Å². The van der Waals surface area contributed by atoms with Crippen LogP contribution in [0.4, 0.5) is 8.78 Å². The van der Waals surface area contributed by atoms with E-state index in [1.807, 2.05) is 6.79 Å². The van der Waals surface area contributed by atoms with E-state index in [-0.39, 0.29) is 5.69 Å².